The molecule has 0 radical (unpaired) electrons. The molecule has 5 nitrogen and oxygen atoms in total. The maximum Gasteiger partial charge on any atom is 0.273 e. The Hall–Kier alpha value is -1.89. The number of imidazole rings is 1. The third-order valence-electron chi connectivity index (χ3n) is 3.74. The minimum atomic E-state index is -0.103. The summed E-state index contributed by atoms with van der Waals surface area (Å²) in [5.74, 6) is -0.103. The third-order valence-corrected chi connectivity index (χ3v) is 4.70. The van der Waals surface area contributed by atoms with Crippen molar-refractivity contribution in [3.8, 4) is 0 Å². The number of hydrogen-bond donors (Lipinski definition) is 0. The average molecular weight is 363 g/mol. The van der Waals surface area contributed by atoms with Gasteiger partial charge in [-0.15, -0.1) is 0 Å². The Balaban J connectivity index is 1.98. The first kappa shape index (κ1) is 17.0. The Morgan fingerprint density at radius 2 is 2.04 bits per heavy atom. The van der Waals surface area contributed by atoms with E-state index in [-0.39, 0.29) is 5.91 Å². The van der Waals surface area contributed by atoms with Gasteiger partial charge in [0, 0.05) is 33.4 Å². The van der Waals surface area contributed by atoms with Crippen LogP contribution in [0.1, 0.15) is 21.7 Å². The van der Waals surface area contributed by atoms with Crippen LogP contribution < -0.4 is 0 Å². The van der Waals surface area contributed by atoms with E-state index in [1.165, 1.54) is 5.56 Å². The third kappa shape index (κ3) is 3.45. The van der Waals surface area contributed by atoms with E-state index in [9.17, 15) is 4.79 Å². The lowest BCUT2D eigenvalue weighted by molar-refractivity contribution is 0.0820. The van der Waals surface area contributed by atoms with Gasteiger partial charge in [-0.3, -0.25) is 9.69 Å². The van der Waals surface area contributed by atoms with Gasteiger partial charge in [-0.2, -0.15) is 11.3 Å². The molecule has 3 rings (SSSR count). The Kier molecular flexibility index (Phi) is 4.89. The lowest BCUT2D eigenvalue weighted by Crippen LogP contribution is -2.25. The highest BCUT2D eigenvalue weighted by atomic mass is 35.5. The lowest BCUT2D eigenvalue weighted by Gasteiger charge is -2.17. The SMILES string of the molecule is CN(Cc1ccsc1)Cc1c(C(=O)N(C)C)nc2ccc(Cl)cn12. The zero-order valence-corrected chi connectivity index (χ0v) is 15.4. The van der Waals surface area contributed by atoms with Crippen molar-refractivity contribution in [2.75, 3.05) is 21.1 Å². The Morgan fingerprint density at radius 1 is 1.25 bits per heavy atom. The van der Waals surface area contributed by atoms with Crippen LogP contribution in [0.4, 0.5) is 0 Å². The van der Waals surface area contributed by atoms with Crippen LogP contribution in [-0.4, -0.2) is 46.2 Å². The van der Waals surface area contributed by atoms with Crippen molar-refractivity contribution >= 4 is 34.5 Å². The van der Waals surface area contributed by atoms with Crippen LogP contribution >= 0.6 is 22.9 Å². The van der Waals surface area contributed by atoms with Crippen molar-refractivity contribution in [3.63, 3.8) is 0 Å². The highest BCUT2D eigenvalue weighted by molar-refractivity contribution is 7.07. The summed E-state index contributed by atoms with van der Waals surface area (Å²) in [6.45, 7) is 1.42. The molecule has 1 amide bonds. The normalized spacial score (nSPS) is 11.4. The van der Waals surface area contributed by atoms with Gasteiger partial charge < -0.3 is 9.30 Å². The van der Waals surface area contributed by atoms with Crippen LogP contribution in [0.15, 0.2) is 35.2 Å². The molecule has 0 fully saturated rings. The summed E-state index contributed by atoms with van der Waals surface area (Å²) in [6.07, 6.45) is 1.81. The van der Waals surface area contributed by atoms with Crippen LogP contribution in [0.5, 0.6) is 0 Å². The molecular formula is C17H19ClN4OS. The van der Waals surface area contributed by atoms with E-state index in [2.05, 4.69) is 26.7 Å². The molecule has 7 heteroatoms. The molecule has 3 aromatic heterocycles. The molecule has 0 aliphatic heterocycles. The second-order valence-electron chi connectivity index (χ2n) is 5.99. The fourth-order valence-electron chi connectivity index (χ4n) is 2.61. The highest BCUT2D eigenvalue weighted by Crippen LogP contribution is 2.20. The maximum absolute atomic E-state index is 12.5. The molecule has 0 atom stereocenters. The molecule has 0 saturated heterocycles. The average Bonchev–Trinajstić information content (AvgIpc) is 3.15. The van der Waals surface area contributed by atoms with E-state index in [1.54, 1.807) is 36.4 Å². The van der Waals surface area contributed by atoms with Gasteiger partial charge in [0.05, 0.1) is 10.7 Å². The van der Waals surface area contributed by atoms with Crippen LogP contribution in [0.2, 0.25) is 5.02 Å². The number of nitrogens with zero attached hydrogens (tertiary/aromatic N) is 4. The van der Waals surface area contributed by atoms with Gasteiger partial charge in [0.15, 0.2) is 5.69 Å². The van der Waals surface area contributed by atoms with Crippen molar-refractivity contribution in [1.82, 2.24) is 19.2 Å². The molecule has 3 heterocycles. The van der Waals surface area contributed by atoms with E-state index in [1.807, 2.05) is 23.7 Å². The van der Waals surface area contributed by atoms with E-state index in [4.69, 9.17) is 11.6 Å². The summed E-state index contributed by atoms with van der Waals surface area (Å²) in [5, 5.41) is 4.82. The fourth-order valence-corrected chi connectivity index (χ4v) is 3.43. The number of rotatable bonds is 5. The van der Waals surface area contributed by atoms with Crippen LogP contribution in [0.3, 0.4) is 0 Å². The predicted octanol–water partition coefficient (Wildman–Crippen LogP) is 3.38. The summed E-state index contributed by atoms with van der Waals surface area (Å²) >= 11 is 7.82. The minimum absolute atomic E-state index is 0.103. The molecule has 0 saturated carbocycles. The largest absolute Gasteiger partial charge is 0.343 e. The predicted molar refractivity (Wildman–Crippen MR) is 97.7 cm³/mol. The van der Waals surface area contributed by atoms with E-state index in [0.717, 1.165) is 17.9 Å². The molecular weight excluding hydrogens is 344 g/mol. The summed E-state index contributed by atoms with van der Waals surface area (Å²) in [6, 6.07) is 5.72. The molecule has 0 unspecified atom stereocenters. The number of thiophene rings is 1. The summed E-state index contributed by atoms with van der Waals surface area (Å²) < 4.78 is 1.91. The molecule has 0 aliphatic rings. The zero-order chi connectivity index (χ0) is 17.3. The topological polar surface area (TPSA) is 40.9 Å². The molecule has 0 bridgehead atoms. The van der Waals surface area contributed by atoms with E-state index >= 15 is 0 Å². The Labute approximate surface area is 150 Å². The van der Waals surface area contributed by atoms with Crippen molar-refractivity contribution in [3.05, 3.63) is 57.1 Å². The fraction of sp³-hybridized carbons (Fsp3) is 0.294. The number of carbonyl (C=O) groups is 1. The second-order valence-corrected chi connectivity index (χ2v) is 7.20. The van der Waals surface area contributed by atoms with Gasteiger partial charge in [0.2, 0.25) is 0 Å². The number of fused-ring (bicyclic) bond motifs is 1. The number of hydrogen-bond acceptors (Lipinski definition) is 4. The second kappa shape index (κ2) is 6.93. The first-order valence-electron chi connectivity index (χ1n) is 7.53. The van der Waals surface area contributed by atoms with Crippen LogP contribution in [0.25, 0.3) is 5.65 Å². The standard InChI is InChI=1S/C17H19ClN4OS/c1-20(2)17(23)16-14(10-21(3)8-12-6-7-24-11-12)22-9-13(18)4-5-15(22)19-16/h4-7,9,11H,8,10H2,1-3H3. The van der Waals surface area contributed by atoms with Crippen LogP contribution in [0, 0.1) is 0 Å². The molecule has 0 aromatic carbocycles. The molecule has 24 heavy (non-hydrogen) atoms. The molecule has 0 aliphatic carbocycles. The van der Waals surface area contributed by atoms with Gasteiger partial charge in [-0.1, -0.05) is 11.6 Å². The maximum atomic E-state index is 12.5. The van der Waals surface area contributed by atoms with Gasteiger partial charge in [0.1, 0.15) is 5.65 Å². The first-order chi connectivity index (χ1) is 11.5. The lowest BCUT2D eigenvalue weighted by atomic mass is 10.2. The molecule has 126 valence electrons. The molecule has 0 N–H and O–H groups in total. The number of aromatic nitrogens is 2. The minimum Gasteiger partial charge on any atom is -0.343 e. The number of carbonyl (C=O) groups excluding carboxylic acids is 1. The first-order valence-corrected chi connectivity index (χ1v) is 8.85. The molecule has 3 aromatic rings. The highest BCUT2D eigenvalue weighted by Gasteiger charge is 2.21. The monoisotopic (exact) mass is 362 g/mol. The van der Waals surface area contributed by atoms with Crippen molar-refractivity contribution in [1.29, 1.82) is 0 Å². The van der Waals surface area contributed by atoms with E-state index < -0.39 is 0 Å². The smallest absolute Gasteiger partial charge is 0.273 e. The van der Waals surface area contributed by atoms with Crippen molar-refractivity contribution in [2.24, 2.45) is 0 Å². The Morgan fingerprint density at radius 3 is 2.71 bits per heavy atom. The van der Waals surface area contributed by atoms with Gasteiger partial charge in [0.25, 0.3) is 5.91 Å². The van der Waals surface area contributed by atoms with Gasteiger partial charge in [-0.05, 0) is 41.6 Å². The quantitative estimate of drug-likeness (QED) is 0.698. The Bertz CT molecular complexity index is 857. The van der Waals surface area contributed by atoms with Crippen LogP contribution in [-0.2, 0) is 13.1 Å². The number of pyridine rings is 1. The summed E-state index contributed by atoms with van der Waals surface area (Å²) in [5.41, 5.74) is 3.31. The zero-order valence-electron chi connectivity index (χ0n) is 13.9. The molecule has 0 spiro atoms. The summed E-state index contributed by atoms with van der Waals surface area (Å²) in [4.78, 5) is 20.7. The summed E-state index contributed by atoms with van der Waals surface area (Å²) in [7, 11) is 5.50. The number of amides is 1. The van der Waals surface area contributed by atoms with Crippen molar-refractivity contribution < 1.29 is 4.79 Å². The van der Waals surface area contributed by atoms with Crippen molar-refractivity contribution in [2.45, 2.75) is 13.1 Å². The van der Waals surface area contributed by atoms with Gasteiger partial charge in [-0.25, -0.2) is 4.98 Å². The van der Waals surface area contributed by atoms with Gasteiger partial charge >= 0.3 is 0 Å². The number of halogens is 1. The van der Waals surface area contributed by atoms with E-state index in [0.29, 0.717) is 17.3 Å².